The van der Waals surface area contributed by atoms with Crippen LogP contribution in [-0.4, -0.2) is 99.6 Å². The molecule has 3 aliphatic heterocycles. The Morgan fingerprint density at radius 2 is 1.97 bits per heavy atom. The summed E-state index contributed by atoms with van der Waals surface area (Å²) in [6.45, 7) is 0.361. The fourth-order valence-electron chi connectivity index (χ4n) is 6.89. The summed E-state index contributed by atoms with van der Waals surface area (Å²) in [6.07, 6.45) is -4.32. The Morgan fingerprint density at radius 3 is 2.71 bits per heavy atom. The van der Waals surface area contributed by atoms with Crippen molar-refractivity contribution >= 4 is 5.78 Å². The van der Waals surface area contributed by atoms with Crippen LogP contribution < -0.4 is 28.3 Å². The number of carbonyl (C=O) groups excluding carboxylic acids is 1. The number of likely N-dealkylation sites (N-methyl/N-ethyl adjacent to an activating group) is 1. The quantitative estimate of drug-likeness (QED) is 0.320. The fourth-order valence-corrected chi connectivity index (χ4v) is 6.89. The van der Waals surface area contributed by atoms with E-state index >= 15 is 0 Å². The molecule has 0 radical (unpaired) electrons. The second-order valence-corrected chi connectivity index (χ2v) is 9.89. The summed E-state index contributed by atoms with van der Waals surface area (Å²) in [6, 6.07) is 4.12. The average molecular weight is 471 g/mol. The molecule has 1 aromatic rings. The van der Waals surface area contributed by atoms with Crippen molar-refractivity contribution in [3.05, 3.63) is 23.3 Å². The Bertz CT molecular complexity index is 961. The minimum atomic E-state index is -1.53. The number of hydrogen-bond donors (Lipinski definition) is 4. The predicted octanol–water partition coefficient (Wildman–Crippen LogP) is -4.07. The molecule has 0 amide bonds. The topological polar surface area (TPSA) is 159 Å². The van der Waals surface area contributed by atoms with Crippen molar-refractivity contribution in [2.75, 3.05) is 20.2 Å². The van der Waals surface area contributed by atoms with Crippen LogP contribution in [0.4, 0.5) is 0 Å². The molecule has 1 spiro atoms. The molecular weight excluding hydrogens is 441 g/mol. The number of likely N-dealkylation sites (tertiary alicyclic amines) is 1. The number of Topliss-reactive ketones (excluding diaryl/α,β-unsaturated/α-hetero) is 1. The van der Waals surface area contributed by atoms with Gasteiger partial charge in [0.15, 0.2) is 23.4 Å². The van der Waals surface area contributed by atoms with E-state index in [1.165, 1.54) is 0 Å². The van der Waals surface area contributed by atoms with Crippen LogP contribution in [0.3, 0.4) is 0 Å². The Kier molecular flexibility index (Phi) is 6.88. The van der Waals surface area contributed by atoms with Gasteiger partial charge in [-0.05, 0) is 50.4 Å². The van der Waals surface area contributed by atoms with Gasteiger partial charge in [-0.25, -0.2) is 0 Å². The molecule has 34 heavy (non-hydrogen) atoms. The van der Waals surface area contributed by atoms with Crippen molar-refractivity contribution in [2.24, 2.45) is 5.92 Å². The second kappa shape index (κ2) is 9.03. The summed E-state index contributed by atoms with van der Waals surface area (Å²) in [5.41, 5.74) is 1.85. The molecule has 10 nitrogen and oxygen atoms in total. The largest absolute Gasteiger partial charge is 1.00 e. The summed E-state index contributed by atoms with van der Waals surface area (Å²) in [4.78, 5) is 15.4. The third-order valence-corrected chi connectivity index (χ3v) is 8.46. The summed E-state index contributed by atoms with van der Waals surface area (Å²) in [7, 11) is 2.15. The van der Waals surface area contributed by atoms with Gasteiger partial charge in [0.25, 0.3) is 0 Å². The van der Waals surface area contributed by atoms with E-state index < -0.39 is 43.4 Å². The van der Waals surface area contributed by atoms with E-state index in [1.807, 2.05) is 6.07 Å². The van der Waals surface area contributed by atoms with E-state index in [4.69, 9.17) is 14.2 Å². The molecule has 1 aromatic carbocycles. The van der Waals surface area contributed by atoms with Crippen LogP contribution in [0, 0.1) is 5.92 Å². The van der Waals surface area contributed by atoms with Gasteiger partial charge in [-0.3, -0.25) is 4.79 Å². The molecule has 2 aliphatic carbocycles. The number of nitrogens with zero attached hydrogens (tertiary/aromatic N) is 1. The van der Waals surface area contributed by atoms with Gasteiger partial charge < -0.3 is 45.0 Å². The number of ether oxygens (including phenoxy) is 3. The zero-order valence-electron chi connectivity index (χ0n) is 19.3. The number of ketones is 1. The summed E-state index contributed by atoms with van der Waals surface area (Å²) < 4.78 is 17.8. The fraction of sp³-hybridized carbons (Fsp3) is 0.696. The summed E-state index contributed by atoms with van der Waals surface area (Å²) >= 11 is 0. The molecule has 9 atom stereocenters. The molecule has 5 aliphatic rings. The van der Waals surface area contributed by atoms with E-state index in [0.29, 0.717) is 29.9 Å². The van der Waals surface area contributed by atoms with Crippen molar-refractivity contribution in [2.45, 2.75) is 73.9 Å². The van der Waals surface area contributed by atoms with Gasteiger partial charge in [0.05, 0.1) is 6.61 Å². The van der Waals surface area contributed by atoms with Crippen molar-refractivity contribution in [1.82, 2.24) is 4.90 Å². The van der Waals surface area contributed by atoms with E-state index in [1.54, 1.807) is 6.07 Å². The van der Waals surface area contributed by atoms with Gasteiger partial charge in [-0.15, -0.1) is 0 Å². The maximum Gasteiger partial charge on any atom is 1.00 e. The van der Waals surface area contributed by atoms with Crippen LogP contribution in [0.1, 0.15) is 30.4 Å². The third-order valence-electron chi connectivity index (χ3n) is 8.46. The molecule has 11 heteroatoms. The van der Waals surface area contributed by atoms with Gasteiger partial charge >= 0.3 is 18.9 Å². The first kappa shape index (κ1) is 25.9. The van der Waals surface area contributed by atoms with E-state index in [-0.39, 0.29) is 35.5 Å². The predicted molar refractivity (Wildman–Crippen MR) is 111 cm³/mol. The molecule has 1 unspecified atom stereocenters. The molecule has 2 saturated heterocycles. The average Bonchev–Trinajstić information content (AvgIpc) is 3.14. The number of hydrogen-bond acceptors (Lipinski definition) is 10. The van der Waals surface area contributed by atoms with E-state index in [2.05, 4.69) is 11.9 Å². The van der Waals surface area contributed by atoms with Crippen LogP contribution in [-0.2, 0) is 21.4 Å². The minimum Gasteiger partial charge on any atom is -0.870 e. The van der Waals surface area contributed by atoms with Crippen molar-refractivity contribution in [3.8, 4) is 11.5 Å². The monoisotopic (exact) mass is 471 g/mol. The Labute approximate surface area is 209 Å². The smallest absolute Gasteiger partial charge is 0.870 e. The SMILES string of the molecule is CN1CC[C@]23c4c5ccc(OC6O[C@H](CO)[C@@H](O)[C@H](O)[C@H]6O)c4O[C@H]2C(=O)CC[C@H]3[C@H]1C5.[Li+].[OH-]. The zero-order chi connectivity index (χ0) is 22.4. The molecule has 3 heterocycles. The van der Waals surface area contributed by atoms with Gasteiger partial charge in [0, 0.05) is 23.4 Å². The van der Waals surface area contributed by atoms with Crippen molar-refractivity contribution in [1.29, 1.82) is 0 Å². The van der Waals surface area contributed by atoms with Gasteiger partial charge in [-0.2, -0.15) is 0 Å². The summed E-state index contributed by atoms with van der Waals surface area (Å²) in [5.74, 6) is 1.31. The van der Waals surface area contributed by atoms with Gasteiger partial charge in [0.1, 0.15) is 24.4 Å². The van der Waals surface area contributed by atoms with E-state index in [9.17, 15) is 25.2 Å². The van der Waals surface area contributed by atoms with Crippen molar-refractivity contribution in [3.63, 3.8) is 0 Å². The van der Waals surface area contributed by atoms with Gasteiger partial charge in [-0.1, -0.05) is 6.07 Å². The van der Waals surface area contributed by atoms with Gasteiger partial charge in [0.2, 0.25) is 6.29 Å². The minimum absolute atomic E-state index is 0. The third kappa shape index (κ3) is 3.32. The maximum absolute atomic E-state index is 13.0. The zero-order valence-corrected chi connectivity index (χ0v) is 19.3. The standard InChI is InChI=1S/C23H29NO8.Li.H2O/c1-24-7-6-23-11-3-4-13(26)21(23)32-20-14(5-2-10(16(20)23)8-12(11)24)30-22-19(29)18(28)17(27)15(9-25)31-22;;/h2,5,11-12,15,17-19,21-22,25,27-29H,3-4,6-9H2,1H3;;1H2/q;+1;/p-1/t11-,12+,15+,17+,18-,19+,21-,22?,23-;;/m0../s1. The van der Waals surface area contributed by atoms with E-state index in [0.717, 1.165) is 36.9 Å². The van der Waals surface area contributed by atoms with Crippen molar-refractivity contribution < 1.29 is 63.8 Å². The molecule has 182 valence electrons. The normalized spacial score (nSPS) is 42.1. The molecule has 1 saturated carbocycles. The first-order valence-electron chi connectivity index (χ1n) is 11.4. The molecule has 0 aromatic heterocycles. The second-order valence-electron chi connectivity index (χ2n) is 9.89. The van der Waals surface area contributed by atoms with Crippen LogP contribution in [0.25, 0.3) is 0 Å². The number of aliphatic hydroxyl groups excluding tert-OH is 4. The maximum atomic E-state index is 13.0. The number of aliphatic hydroxyl groups is 4. The molecular formula is C23H30LiNO9. The number of benzene rings is 1. The molecule has 3 fully saturated rings. The molecule has 6 rings (SSSR count). The summed E-state index contributed by atoms with van der Waals surface area (Å²) in [5, 5.41) is 40.0. The Balaban J connectivity index is 0.00000137. The van der Waals surface area contributed by atoms with Crippen LogP contribution in [0.5, 0.6) is 11.5 Å². The molecule has 5 N–H and O–H groups in total. The Morgan fingerprint density at radius 1 is 1.21 bits per heavy atom. The first-order valence-corrected chi connectivity index (χ1v) is 11.4. The number of rotatable bonds is 3. The van der Waals surface area contributed by atoms with Crippen LogP contribution >= 0.6 is 0 Å². The first-order chi connectivity index (χ1) is 15.4. The molecule has 2 bridgehead atoms. The number of piperidine rings is 1. The van der Waals surface area contributed by atoms with Crippen LogP contribution in [0.2, 0.25) is 0 Å². The van der Waals surface area contributed by atoms with Crippen LogP contribution in [0.15, 0.2) is 12.1 Å². The Hall–Kier alpha value is -1.19. The number of carbonyl (C=O) groups is 1.